The summed E-state index contributed by atoms with van der Waals surface area (Å²) in [5.41, 5.74) is 5.14. The van der Waals surface area contributed by atoms with Crippen molar-refractivity contribution in [3.05, 3.63) is 53.7 Å². The first kappa shape index (κ1) is 18.0. The molecule has 1 fully saturated rings. The zero-order valence-electron chi connectivity index (χ0n) is 16.7. The van der Waals surface area contributed by atoms with Crippen LogP contribution in [0.25, 0.3) is 10.9 Å². The van der Waals surface area contributed by atoms with Gasteiger partial charge in [0.2, 0.25) is 0 Å². The predicted octanol–water partition coefficient (Wildman–Crippen LogP) is 4.51. The van der Waals surface area contributed by atoms with Crippen molar-refractivity contribution in [3.63, 3.8) is 0 Å². The fourth-order valence-corrected chi connectivity index (χ4v) is 5.99. The van der Waals surface area contributed by atoms with Crippen molar-refractivity contribution in [2.45, 2.75) is 61.0 Å². The van der Waals surface area contributed by atoms with Crippen LogP contribution in [0.1, 0.15) is 44.0 Å². The standard InChI is InChI=1S/C23H27N3OS/c1-14(2)24-15-5-4-6-17(11-15)28(27)18-8-10-21-19(13-18)23-20-9-7-16(25-20)12-22(23)26(21)3/h4-6,8,10-11,13-14,16,20,24-25H,7,9,12H2,1-3H3. The lowest BCUT2D eigenvalue weighted by molar-refractivity contribution is 0.503. The number of hydrogen-bond acceptors (Lipinski definition) is 3. The average molecular weight is 394 g/mol. The third kappa shape index (κ3) is 2.88. The minimum absolute atomic E-state index is 0.346. The largest absolute Gasteiger partial charge is 0.383 e. The molecule has 4 nitrogen and oxygen atoms in total. The van der Waals surface area contributed by atoms with Gasteiger partial charge in [-0.25, -0.2) is 4.21 Å². The van der Waals surface area contributed by atoms with Gasteiger partial charge in [0.05, 0.1) is 10.8 Å². The molecule has 2 N–H and O–H groups in total. The van der Waals surface area contributed by atoms with Gasteiger partial charge in [-0.15, -0.1) is 0 Å². The lowest BCUT2D eigenvalue weighted by Crippen LogP contribution is -2.32. The molecule has 0 spiro atoms. The van der Waals surface area contributed by atoms with E-state index in [2.05, 4.69) is 48.2 Å². The fourth-order valence-electron chi connectivity index (χ4n) is 4.87. The average Bonchev–Trinajstić information content (AvgIpc) is 3.19. The zero-order valence-corrected chi connectivity index (χ0v) is 17.5. The lowest BCUT2D eigenvalue weighted by atomic mass is 9.99. The van der Waals surface area contributed by atoms with Crippen LogP contribution < -0.4 is 10.6 Å². The number of anilines is 1. The summed E-state index contributed by atoms with van der Waals surface area (Å²) in [5, 5.41) is 8.42. The van der Waals surface area contributed by atoms with Gasteiger partial charge in [0.1, 0.15) is 0 Å². The van der Waals surface area contributed by atoms with E-state index in [1.54, 1.807) is 0 Å². The molecule has 1 aromatic heterocycles. The molecule has 3 unspecified atom stereocenters. The number of rotatable bonds is 4. The van der Waals surface area contributed by atoms with Gasteiger partial charge in [-0.05, 0) is 68.7 Å². The topological polar surface area (TPSA) is 46.1 Å². The maximum atomic E-state index is 13.3. The third-order valence-corrected chi connectivity index (χ3v) is 7.45. The van der Waals surface area contributed by atoms with E-state index in [0.29, 0.717) is 18.1 Å². The van der Waals surface area contributed by atoms with E-state index in [0.717, 1.165) is 21.9 Å². The highest BCUT2D eigenvalue weighted by molar-refractivity contribution is 7.85. The smallest absolute Gasteiger partial charge is 0.0850 e. The van der Waals surface area contributed by atoms with Crippen LogP contribution in [0, 0.1) is 0 Å². The van der Waals surface area contributed by atoms with E-state index in [1.165, 1.54) is 35.0 Å². The minimum atomic E-state index is -1.19. The van der Waals surface area contributed by atoms with Crippen molar-refractivity contribution in [2.75, 3.05) is 5.32 Å². The highest BCUT2D eigenvalue weighted by Gasteiger charge is 2.35. The quantitative estimate of drug-likeness (QED) is 0.685. The number of nitrogens with zero attached hydrogens (tertiary/aromatic N) is 1. The fraction of sp³-hybridized carbons (Fsp3) is 0.391. The third-order valence-electron chi connectivity index (χ3n) is 6.08. The Kier molecular flexibility index (Phi) is 4.33. The van der Waals surface area contributed by atoms with E-state index < -0.39 is 10.8 Å². The van der Waals surface area contributed by atoms with Crippen LogP contribution >= 0.6 is 0 Å². The van der Waals surface area contributed by atoms with Crippen molar-refractivity contribution in [2.24, 2.45) is 7.05 Å². The van der Waals surface area contributed by atoms with Crippen molar-refractivity contribution in [1.29, 1.82) is 0 Å². The number of nitrogens with one attached hydrogen (secondary N) is 2. The van der Waals surface area contributed by atoms with Crippen LogP contribution in [0.3, 0.4) is 0 Å². The molecule has 1 saturated heterocycles. The number of hydrogen-bond donors (Lipinski definition) is 2. The first-order valence-corrected chi connectivity index (χ1v) is 11.3. The Hall–Kier alpha value is -2.11. The van der Waals surface area contributed by atoms with E-state index in [-0.39, 0.29) is 0 Å². The Balaban J connectivity index is 1.56. The molecule has 5 heteroatoms. The molecule has 0 saturated carbocycles. The number of aromatic nitrogens is 1. The Bertz CT molecular complexity index is 1080. The molecule has 3 aromatic rings. The van der Waals surface area contributed by atoms with Crippen LogP contribution in [0.4, 0.5) is 5.69 Å². The second kappa shape index (κ2) is 6.75. The van der Waals surface area contributed by atoms with Gasteiger partial charge in [-0.1, -0.05) is 6.07 Å². The van der Waals surface area contributed by atoms with Crippen molar-refractivity contribution in [3.8, 4) is 0 Å². The summed E-state index contributed by atoms with van der Waals surface area (Å²) in [6.45, 7) is 4.22. The van der Waals surface area contributed by atoms with Crippen molar-refractivity contribution in [1.82, 2.24) is 9.88 Å². The van der Waals surface area contributed by atoms with E-state index in [1.807, 2.05) is 30.3 Å². The Labute approximate surface area is 168 Å². The van der Waals surface area contributed by atoms with E-state index in [4.69, 9.17) is 0 Å². The minimum Gasteiger partial charge on any atom is -0.383 e. The van der Waals surface area contributed by atoms with Gasteiger partial charge in [-0.2, -0.15) is 0 Å². The molecule has 2 aliphatic rings. The Morgan fingerprint density at radius 1 is 1.14 bits per heavy atom. The first-order valence-electron chi connectivity index (χ1n) is 10.2. The number of fused-ring (bicyclic) bond motifs is 6. The maximum absolute atomic E-state index is 13.3. The second-order valence-electron chi connectivity index (χ2n) is 8.39. The number of benzene rings is 2. The summed E-state index contributed by atoms with van der Waals surface area (Å²) in [5.74, 6) is 0. The van der Waals surface area contributed by atoms with E-state index in [9.17, 15) is 4.21 Å². The van der Waals surface area contributed by atoms with Crippen LogP contribution in [-0.2, 0) is 24.3 Å². The summed E-state index contributed by atoms with van der Waals surface area (Å²) in [7, 11) is 0.978. The highest BCUT2D eigenvalue weighted by atomic mass is 32.2. The monoisotopic (exact) mass is 393 g/mol. The van der Waals surface area contributed by atoms with Crippen molar-refractivity contribution < 1.29 is 4.21 Å². The first-order chi connectivity index (χ1) is 13.5. The van der Waals surface area contributed by atoms with Crippen LogP contribution in [0.2, 0.25) is 0 Å². The van der Waals surface area contributed by atoms with Gasteiger partial charge in [-0.3, -0.25) is 0 Å². The molecule has 2 aromatic carbocycles. The molecule has 5 rings (SSSR count). The molecular formula is C23H27N3OS. The van der Waals surface area contributed by atoms with Crippen LogP contribution in [-0.4, -0.2) is 20.9 Å². The summed E-state index contributed by atoms with van der Waals surface area (Å²) in [6.07, 6.45) is 3.55. The summed E-state index contributed by atoms with van der Waals surface area (Å²) in [4.78, 5) is 1.72. The molecular weight excluding hydrogens is 366 g/mol. The van der Waals surface area contributed by atoms with Crippen LogP contribution in [0.15, 0.2) is 52.3 Å². The lowest BCUT2D eigenvalue weighted by Gasteiger charge is -2.23. The van der Waals surface area contributed by atoms with Crippen molar-refractivity contribution >= 4 is 27.4 Å². The molecule has 2 aliphatic heterocycles. The number of aryl methyl sites for hydroxylation is 1. The van der Waals surface area contributed by atoms with Gasteiger partial charge >= 0.3 is 0 Å². The Morgan fingerprint density at radius 2 is 1.96 bits per heavy atom. The summed E-state index contributed by atoms with van der Waals surface area (Å²) < 4.78 is 15.7. The second-order valence-corrected chi connectivity index (χ2v) is 9.87. The van der Waals surface area contributed by atoms with Gasteiger partial charge < -0.3 is 15.2 Å². The summed E-state index contributed by atoms with van der Waals surface area (Å²) in [6, 6.07) is 15.7. The summed E-state index contributed by atoms with van der Waals surface area (Å²) >= 11 is 0. The van der Waals surface area contributed by atoms with Crippen LogP contribution in [0.5, 0.6) is 0 Å². The zero-order chi connectivity index (χ0) is 19.4. The van der Waals surface area contributed by atoms with E-state index >= 15 is 0 Å². The van der Waals surface area contributed by atoms with Gasteiger partial charge in [0, 0.05) is 63.7 Å². The molecule has 0 radical (unpaired) electrons. The molecule has 2 bridgehead atoms. The predicted molar refractivity (Wildman–Crippen MR) is 115 cm³/mol. The molecule has 3 heterocycles. The normalized spacial score (nSPS) is 21.9. The molecule has 3 atom stereocenters. The Morgan fingerprint density at radius 3 is 2.79 bits per heavy atom. The van der Waals surface area contributed by atoms with Gasteiger partial charge in [0.25, 0.3) is 0 Å². The SMILES string of the molecule is CC(C)Nc1cccc(S(=O)c2ccc3c(c2)c2c(n3C)CC3CCC2N3)c1. The highest BCUT2D eigenvalue weighted by Crippen LogP contribution is 2.42. The maximum Gasteiger partial charge on any atom is 0.0850 e. The molecule has 146 valence electrons. The molecule has 0 amide bonds. The van der Waals surface area contributed by atoms with Gasteiger partial charge in [0.15, 0.2) is 0 Å². The molecule has 28 heavy (non-hydrogen) atoms. The molecule has 0 aliphatic carbocycles.